The first-order valence-corrected chi connectivity index (χ1v) is 10.3. The van der Waals surface area contributed by atoms with Gasteiger partial charge >= 0.3 is 0 Å². The summed E-state index contributed by atoms with van der Waals surface area (Å²) in [5.41, 5.74) is 1.56. The van der Waals surface area contributed by atoms with Crippen LogP contribution in [0.4, 0.5) is 5.69 Å². The smallest absolute Gasteiger partial charge is 0.227 e. The molecule has 1 N–H and O–H groups in total. The number of anilines is 1. The van der Waals surface area contributed by atoms with Gasteiger partial charge in [-0.25, -0.2) is 0 Å². The number of carbonyl (C=O) groups excluding carboxylic acids is 2. The molecule has 28 heavy (non-hydrogen) atoms. The molecule has 4 rings (SSSR count). The van der Waals surface area contributed by atoms with Crippen LogP contribution in [0.25, 0.3) is 5.65 Å². The van der Waals surface area contributed by atoms with Crippen molar-refractivity contribution in [2.45, 2.75) is 24.3 Å². The van der Waals surface area contributed by atoms with Gasteiger partial charge in [0.2, 0.25) is 11.8 Å². The van der Waals surface area contributed by atoms with Crippen LogP contribution in [0.15, 0.2) is 53.6 Å². The molecule has 2 unspecified atom stereocenters. The second-order valence-corrected chi connectivity index (χ2v) is 7.70. The van der Waals surface area contributed by atoms with Crippen molar-refractivity contribution in [3.8, 4) is 0 Å². The third kappa shape index (κ3) is 3.47. The number of benzene rings is 1. The maximum absolute atomic E-state index is 12.8. The van der Waals surface area contributed by atoms with Crippen LogP contribution in [0.3, 0.4) is 0 Å². The number of carbonyl (C=O) groups is 2. The lowest BCUT2D eigenvalue weighted by atomic mass is 10.1. The summed E-state index contributed by atoms with van der Waals surface area (Å²) in [6, 6.07) is 13.2. The highest BCUT2D eigenvalue weighted by Gasteiger charge is 2.35. The number of rotatable bonds is 5. The van der Waals surface area contributed by atoms with E-state index in [0.29, 0.717) is 12.4 Å². The first-order valence-electron chi connectivity index (χ1n) is 9.11. The van der Waals surface area contributed by atoms with Crippen LogP contribution in [0.1, 0.15) is 25.2 Å². The summed E-state index contributed by atoms with van der Waals surface area (Å²) in [6.07, 6.45) is 4.09. The monoisotopic (exact) mass is 395 g/mol. The summed E-state index contributed by atoms with van der Waals surface area (Å²) in [7, 11) is 0. The molecular formula is C20H21N5O2S. The largest absolute Gasteiger partial charge is 0.346 e. The molecule has 7 nitrogen and oxygen atoms in total. The van der Waals surface area contributed by atoms with Gasteiger partial charge in [-0.2, -0.15) is 0 Å². The molecule has 3 heterocycles. The van der Waals surface area contributed by atoms with Gasteiger partial charge in [-0.1, -0.05) is 6.07 Å². The Labute approximate surface area is 167 Å². The van der Waals surface area contributed by atoms with Gasteiger partial charge in [-0.3, -0.25) is 14.0 Å². The fourth-order valence-corrected chi connectivity index (χ4v) is 3.85. The highest BCUT2D eigenvalue weighted by Crippen LogP contribution is 2.27. The van der Waals surface area contributed by atoms with Gasteiger partial charge in [0.15, 0.2) is 11.5 Å². The molecule has 1 saturated heterocycles. The van der Waals surface area contributed by atoms with Crippen molar-refractivity contribution in [1.29, 1.82) is 0 Å². The van der Waals surface area contributed by atoms with Crippen molar-refractivity contribution in [3.05, 3.63) is 54.5 Å². The lowest BCUT2D eigenvalue weighted by Crippen LogP contribution is -2.35. The molecule has 2 amide bonds. The molecule has 144 valence electrons. The Balaban J connectivity index is 1.44. The fourth-order valence-electron chi connectivity index (χ4n) is 3.45. The van der Waals surface area contributed by atoms with Crippen LogP contribution in [-0.4, -0.2) is 39.2 Å². The number of nitrogens with zero attached hydrogens (tertiary/aromatic N) is 4. The Morgan fingerprint density at radius 1 is 1.21 bits per heavy atom. The van der Waals surface area contributed by atoms with Crippen molar-refractivity contribution in [2.75, 3.05) is 17.7 Å². The molecule has 1 aliphatic heterocycles. The van der Waals surface area contributed by atoms with E-state index in [2.05, 4.69) is 15.5 Å². The summed E-state index contributed by atoms with van der Waals surface area (Å²) < 4.78 is 1.85. The Hall–Kier alpha value is -2.87. The summed E-state index contributed by atoms with van der Waals surface area (Å²) in [4.78, 5) is 28.0. The van der Waals surface area contributed by atoms with Gasteiger partial charge < -0.3 is 10.2 Å². The molecule has 0 aliphatic carbocycles. The van der Waals surface area contributed by atoms with Gasteiger partial charge in [0, 0.05) is 29.7 Å². The highest BCUT2D eigenvalue weighted by atomic mass is 32.2. The zero-order valence-electron chi connectivity index (χ0n) is 15.7. The number of thioether (sulfide) groups is 1. The first-order chi connectivity index (χ1) is 13.6. The SMILES string of the molecule is CSc1ccc(N2CC(C(=O)NC(C)c3nnc4ccccn34)CC2=O)cc1. The number of fused-ring (bicyclic) bond motifs is 1. The minimum absolute atomic E-state index is 0.0300. The second-order valence-electron chi connectivity index (χ2n) is 6.82. The fraction of sp³-hybridized carbons (Fsp3) is 0.300. The summed E-state index contributed by atoms with van der Waals surface area (Å²) in [6.45, 7) is 2.26. The Morgan fingerprint density at radius 2 is 2.00 bits per heavy atom. The van der Waals surface area contributed by atoms with E-state index in [1.807, 2.05) is 66.2 Å². The van der Waals surface area contributed by atoms with Crippen molar-refractivity contribution < 1.29 is 9.59 Å². The molecule has 0 radical (unpaired) electrons. The summed E-state index contributed by atoms with van der Waals surface area (Å²) in [5, 5.41) is 11.3. The number of amides is 2. The predicted molar refractivity (Wildman–Crippen MR) is 108 cm³/mol. The Bertz CT molecular complexity index is 1020. The molecule has 1 aromatic carbocycles. The number of pyridine rings is 1. The van der Waals surface area contributed by atoms with Crippen LogP contribution in [0.5, 0.6) is 0 Å². The van der Waals surface area contributed by atoms with Gasteiger partial charge in [-0.05, 0) is 49.6 Å². The number of nitrogens with one attached hydrogen (secondary N) is 1. The molecule has 8 heteroatoms. The van der Waals surface area contributed by atoms with E-state index >= 15 is 0 Å². The van der Waals surface area contributed by atoms with Gasteiger partial charge in [0.1, 0.15) is 0 Å². The zero-order valence-corrected chi connectivity index (χ0v) is 16.5. The molecule has 2 aromatic heterocycles. The van der Waals surface area contributed by atoms with Crippen LogP contribution >= 0.6 is 11.8 Å². The van der Waals surface area contributed by atoms with Crippen LogP contribution in [0.2, 0.25) is 0 Å². The van der Waals surface area contributed by atoms with Crippen molar-refractivity contribution in [2.24, 2.45) is 5.92 Å². The lowest BCUT2D eigenvalue weighted by Gasteiger charge is -2.18. The number of hydrogen-bond donors (Lipinski definition) is 1. The molecule has 1 fully saturated rings. The summed E-state index contributed by atoms with van der Waals surface area (Å²) >= 11 is 1.65. The van der Waals surface area contributed by atoms with Crippen molar-refractivity contribution >= 4 is 34.9 Å². The third-order valence-electron chi connectivity index (χ3n) is 4.97. The third-order valence-corrected chi connectivity index (χ3v) is 5.71. The molecule has 3 aromatic rings. The Kier molecular flexibility index (Phi) is 5.04. The van der Waals surface area contributed by atoms with E-state index in [-0.39, 0.29) is 30.2 Å². The van der Waals surface area contributed by atoms with E-state index in [1.54, 1.807) is 16.7 Å². The van der Waals surface area contributed by atoms with Crippen molar-refractivity contribution in [1.82, 2.24) is 19.9 Å². The van der Waals surface area contributed by atoms with Gasteiger partial charge in [0.25, 0.3) is 0 Å². The normalized spacial score (nSPS) is 17.9. The molecule has 0 spiro atoms. The number of aromatic nitrogens is 3. The van der Waals surface area contributed by atoms with Crippen LogP contribution in [0, 0.1) is 5.92 Å². The zero-order chi connectivity index (χ0) is 19.7. The molecular weight excluding hydrogens is 374 g/mol. The molecule has 0 bridgehead atoms. The average Bonchev–Trinajstić information content (AvgIpc) is 3.32. The topological polar surface area (TPSA) is 79.6 Å². The maximum Gasteiger partial charge on any atom is 0.227 e. The maximum atomic E-state index is 12.8. The molecule has 2 atom stereocenters. The first kappa shape index (κ1) is 18.5. The second kappa shape index (κ2) is 7.63. The van der Waals surface area contributed by atoms with E-state index < -0.39 is 0 Å². The van der Waals surface area contributed by atoms with Crippen LogP contribution in [-0.2, 0) is 9.59 Å². The quantitative estimate of drug-likeness (QED) is 0.672. The number of hydrogen-bond acceptors (Lipinski definition) is 5. The van der Waals surface area contributed by atoms with E-state index in [0.717, 1.165) is 16.2 Å². The highest BCUT2D eigenvalue weighted by molar-refractivity contribution is 7.98. The lowest BCUT2D eigenvalue weighted by molar-refractivity contribution is -0.126. The van der Waals surface area contributed by atoms with Gasteiger partial charge in [0.05, 0.1) is 12.0 Å². The van der Waals surface area contributed by atoms with Gasteiger partial charge in [-0.15, -0.1) is 22.0 Å². The van der Waals surface area contributed by atoms with E-state index in [1.165, 1.54) is 0 Å². The minimum atomic E-state index is -0.380. The standard InChI is InChI=1S/C20H21N5O2S/c1-13(19-23-22-17-5-3-4-10-24(17)19)21-20(27)14-11-18(26)25(12-14)15-6-8-16(28-2)9-7-15/h3-10,13-14H,11-12H2,1-2H3,(H,21,27). The van der Waals surface area contributed by atoms with Crippen molar-refractivity contribution in [3.63, 3.8) is 0 Å². The molecule has 1 aliphatic rings. The summed E-state index contributed by atoms with van der Waals surface area (Å²) in [5.74, 6) is 0.113. The predicted octanol–water partition coefficient (Wildman–Crippen LogP) is 2.68. The Morgan fingerprint density at radius 3 is 2.75 bits per heavy atom. The van der Waals surface area contributed by atoms with E-state index in [4.69, 9.17) is 0 Å². The average molecular weight is 395 g/mol. The van der Waals surface area contributed by atoms with Crippen LogP contribution < -0.4 is 10.2 Å². The minimum Gasteiger partial charge on any atom is -0.346 e. The molecule has 0 saturated carbocycles. The van der Waals surface area contributed by atoms with E-state index in [9.17, 15) is 9.59 Å².